The van der Waals surface area contributed by atoms with Crippen molar-refractivity contribution >= 4 is 12.6 Å². The van der Waals surface area contributed by atoms with Crippen LogP contribution in [0.15, 0.2) is 0 Å². The fraction of sp³-hybridized carbons (Fsp3) is 0. The summed E-state index contributed by atoms with van der Waals surface area (Å²) in [6.07, 6.45) is 0. The molecule has 0 aromatic heterocycles. The number of hydrogen-bond donors (Lipinski definition) is 2. The van der Waals surface area contributed by atoms with Gasteiger partial charge in [0, 0.05) is 0 Å². The van der Waals surface area contributed by atoms with Crippen LogP contribution in [0.1, 0.15) is 0 Å². The Morgan fingerprint density at radius 1 is 1.44 bits per heavy atom. The van der Waals surface area contributed by atoms with E-state index in [1.54, 1.807) is 0 Å². The van der Waals surface area contributed by atoms with Crippen LogP contribution in [-0.2, 0) is 0 Å². The van der Waals surface area contributed by atoms with Gasteiger partial charge in [-0.05, 0) is 0 Å². The van der Waals surface area contributed by atoms with Gasteiger partial charge < -0.3 is 5.48 Å². The average Bonchev–Trinajstić information content (AvgIpc) is 1.27. The molecular formula is CH4ClNO5S. The smallest absolute Gasteiger partial charge is 0.130 e. The lowest BCUT2D eigenvalue weighted by Gasteiger charge is -2.03. The van der Waals surface area contributed by atoms with Crippen molar-refractivity contribution in [2.45, 2.75) is 0 Å². The van der Waals surface area contributed by atoms with E-state index in [-0.39, 0.29) is 5.48 Å². The van der Waals surface area contributed by atoms with Crippen LogP contribution in [0.3, 0.4) is 0 Å². The lowest BCUT2D eigenvalue weighted by Crippen LogP contribution is -2.58. The monoisotopic (exact) mass is 177 g/mol. The van der Waals surface area contributed by atoms with Gasteiger partial charge in [0.25, 0.3) is 0 Å². The summed E-state index contributed by atoms with van der Waals surface area (Å²) in [6, 6.07) is 0. The van der Waals surface area contributed by atoms with Crippen molar-refractivity contribution in [3.63, 3.8) is 0 Å². The molecule has 9 heavy (non-hydrogen) atoms. The molecule has 0 amide bonds. The summed E-state index contributed by atoms with van der Waals surface area (Å²) in [7, 11) is -4.69. The summed E-state index contributed by atoms with van der Waals surface area (Å²) in [5, 5.41) is 8.63. The summed E-state index contributed by atoms with van der Waals surface area (Å²) >= 11 is 3.09. The van der Waals surface area contributed by atoms with Crippen molar-refractivity contribution in [2.24, 2.45) is 0 Å². The number of hydrogen-bond acceptors (Lipinski definition) is 6. The molecule has 56 valence electrons. The zero-order valence-corrected chi connectivity index (χ0v) is 5.59. The molecule has 0 aliphatic heterocycles. The highest BCUT2D eigenvalue weighted by Gasteiger charge is 1.98. The lowest BCUT2D eigenvalue weighted by atomic mass is 11.8. The summed E-state index contributed by atoms with van der Waals surface area (Å²) in [5.41, 5.74) is 0. The SMILES string of the molecule is N#CS.O.[O-][Cl+3]([O-])([O-])O. The quantitative estimate of drug-likeness (QED) is 0.283. The van der Waals surface area contributed by atoms with E-state index in [4.69, 9.17) is 23.9 Å². The van der Waals surface area contributed by atoms with Gasteiger partial charge in [-0.25, -0.2) is 0 Å². The Kier molecular flexibility index (Phi) is 14.1. The Morgan fingerprint density at radius 3 is 1.44 bits per heavy atom. The molecule has 0 fully saturated rings. The highest BCUT2D eigenvalue weighted by Crippen LogP contribution is 1.60. The molecule has 0 radical (unpaired) electrons. The van der Waals surface area contributed by atoms with Gasteiger partial charge in [-0.2, -0.15) is 19.2 Å². The molecule has 0 saturated carbocycles. The first-order valence-corrected chi connectivity index (χ1v) is 2.79. The van der Waals surface area contributed by atoms with E-state index >= 15 is 0 Å². The third kappa shape index (κ3) is 56900. The molecule has 0 aliphatic rings. The fourth-order valence-electron chi connectivity index (χ4n) is 0. The van der Waals surface area contributed by atoms with Gasteiger partial charge in [0.15, 0.2) is 0 Å². The van der Waals surface area contributed by atoms with E-state index < -0.39 is 10.2 Å². The number of nitrogens with zero attached hydrogens (tertiary/aromatic N) is 1. The normalized spacial score (nSPS) is 7.56. The van der Waals surface area contributed by atoms with E-state index in [1.807, 2.05) is 0 Å². The summed E-state index contributed by atoms with van der Waals surface area (Å²) in [6.45, 7) is 0. The molecule has 8 heteroatoms. The molecule has 0 saturated heterocycles. The van der Waals surface area contributed by atoms with Gasteiger partial charge >= 0.3 is 0 Å². The minimum Gasteiger partial charge on any atom is -0.412 e. The summed E-state index contributed by atoms with van der Waals surface area (Å²) < 4.78 is 32.7. The van der Waals surface area contributed by atoms with Crippen LogP contribution in [0.5, 0.6) is 0 Å². The van der Waals surface area contributed by atoms with Gasteiger partial charge in [0.1, 0.15) is 5.40 Å². The number of thiocyanates is 1. The Balaban J connectivity index is -0.0000000800. The van der Waals surface area contributed by atoms with Gasteiger partial charge in [0.05, 0.1) is 14.9 Å². The lowest BCUT2D eigenvalue weighted by molar-refractivity contribution is -1.92. The van der Waals surface area contributed by atoms with Crippen molar-refractivity contribution in [1.29, 1.82) is 5.26 Å². The van der Waals surface area contributed by atoms with Crippen molar-refractivity contribution in [1.82, 2.24) is 0 Å². The number of rotatable bonds is 0. The summed E-state index contributed by atoms with van der Waals surface area (Å²) in [4.78, 5) is 0. The molecule has 0 spiro atoms. The maximum atomic E-state index is 8.60. The zero-order valence-electron chi connectivity index (χ0n) is 3.94. The molecule has 3 N–H and O–H groups in total. The standard InChI is InChI=1S/CHNS.ClHO4.H2O/c2-1-3;2-1(3,4)5;/h3H;(H,2,3,4,5);1H2. The van der Waals surface area contributed by atoms with E-state index in [2.05, 4.69) is 12.6 Å². The third-order valence-electron chi connectivity index (χ3n) is 0. The van der Waals surface area contributed by atoms with Gasteiger partial charge in [0.2, 0.25) is 0 Å². The third-order valence-corrected chi connectivity index (χ3v) is 0. The zero-order chi connectivity index (χ0) is 7.21. The Labute approximate surface area is 58.4 Å². The van der Waals surface area contributed by atoms with Crippen molar-refractivity contribution in [2.75, 3.05) is 0 Å². The number of nitriles is 1. The first-order chi connectivity index (χ1) is 3.41. The van der Waals surface area contributed by atoms with Crippen molar-refractivity contribution in [3.8, 4) is 5.40 Å². The topological polar surface area (TPSA) is 145 Å². The van der Waals surface area contributed by atoms with Crippen LogP contribution in [0, 0.1) is 20.9 Å². The summed E-state index contributed by atoms with van der Waals surface area (Å²) in [5.74, 6) is 0. The second-order valence-electron chi connectivity index (χ2n) is 0.496. The van der Waals surface area contributed by atoms with E-state index in [1.165, 1.54) is 5.40 Å². The predicted molar refractivity (Wildman–Crippen MR) is 20.4 cm³/mol. The van der Waals surface area contributed by atoms with Crippen LogP contribution in [0.25, 0.3) is 0 Å². The molecule has 0 heterocycles. The van der Waals surface area contributed by atoms with E-state index in [0.29, 0.717) is 0 Å². The minimum absolute atomic E-state index is 0. The largest absolute Gasteiger partial charge is 0.412 e. The predicted octanol–water partition coefficient (Wildman–Crippen LogP) is -4.55. The molecule has 0 atom stereocenters. The van der Waals surface area contributed by atoms with Crippen LogP contribution >= 0.6 is 12.6 Å². The van der Waals surface area contributed by atoms with Crippen LogP contribution in [0.4, 0.5) is 0 Å². The maximum Gasteiger partial charge on any atom is 0.130 e. The Hall–Kier alpha value is -0.0700. The van der Waals surface area contributed by atoms with Crippen molar-refractivity contribution in [3.05, 3.63) is 0 Å². The Bertz CT molecular complexity index is 77.9. The van der Waals surface area contributed by atoms with Gasteiger partial charge in [-0.3, -0.25) is 0 Å². The van der Waals surface area contributed by atoms with E-state index in [9.17, 15) is 0 Å². The van der Waals surface area contributed by atoms with E-state index in [0.717, 1.165) is 0 Å². The van der Waals surface area contributed by atoms with Gasteiger partial charge in [-0.1, -0.05) is 12.6 Å². The maximum absolute atomic E-state index is 8.60. The van der Waals surface area contributed by atoms with Gasteiger partial charge in [-0.15, -0.1) is 0 Å². The first kappa shape index (κ1) is 16.0. The second kappa shape index (κ2) is 7.93. The molecule has 0 aromatic carbocycles. The highest BCUT2D eigenvalue weighted by atomic mass is 35.7. The molecule has 6 nitrogen and oxygen atoms in total. The van der Waals surface area contributed by atoms with Crippen LogP contribution < -0.4 is 14.0 Å². The molecule has 0 bridgehead atoms. The first-order valence-electron chi connectivity index (χ1n) is 1.08. The number of thiol groups is 1. The molecule has 0 rings (SSSR count). The Morgan fingerprint density at radius 2 is 1.44 bits per heavy atom. The molecule has 0 aliphatic carbocycles. The average molecular weight is 178 g/mol. The molecule has 0 aromatic rings. The highest BCUT2D eigenvalue weighted by molar-refractivity contribution is 7.85. The number of halogens is 1. The van der Waals surface area contributed by atoms with Crippen LogP contribution in [-0.4, -0.2) is 10.1 Å². The van der Waals surface area contributed by atoms with Crippen molar-refractivity contribution < 1.29 is 34.4 Å². The second-order valence-corrected chi connectivity index (χ2v) is 1.49. The minimum atomic E-state index is -4.69. The fourth-order valence-corrected chi connectivity index (χ4v) is 0. The van der Waals surface area contributed by atoms with Crippen LogP contribution in [0.2, 0.25) is 0 Å². The molecular weight excluding hydrogens is 174 g/mol. The molecule has 0 unspecified atom stereocenters.